The number of rotatable bonds is 6. The maximum absolute atomic E-state index is 10.8. The second kappa shape index (κ2) is 5.89. The van der Waals surface area contributed by atoms with Gasteiger partial charge in [0.1, 0.15) is 5.58 Å². The van der Waals surface area contributed by atoms with Crippen molar-refractivity contribution in [3.63, 3.8) is 0 Å². The topological polar surface area (TPSA) is 59.7 Å². The van der Waals surface area contributed by atoms with Crippen molar-refractivity contribution in [3.8, 4) is 0 Å². The molecule has 0 saturated carbocycles. The van der Waals surface area contributed by atoms with Gasteiger partial charge in [0.25, 0.3) is 0 Å². The molecule has 2 aromatic rings. The molecule has 0 spiro atoms. The Hall–Kier alpha value is -1.81. The minimum atomic E-state index is -1.05. The zero-order valence-electron chi connectivity index (χ0n) is 11.2. The molecule has 1 N–H and O–H groups in total. The number of hydrogen-bond donors (Lipinski definition) is 1. The summed E-state index contributed by atoms with van der Waals surface area (Å²) < 4.78 is 10.8. The van der Waals surface area contributed by atoms with E-state index in [0.717, 1.165) is 24.0 Å². The van der Waals surface area contributed by atoms with E-state index in [1.54, 1.807) is 6.07 Å². The van der Waals surface area contributed by atoms with Crippen LogP contribution in [0.15, 0.2) is 28.7 Å². The summed E-state index contributed by atoms with van der Waals surface area (Å²) in [6.45, 7) is 5.60. The van der Waals surface area contributed by atoms with Gasteiger partial charge in [0.2, 0.25) is 5.76 Å². The van der Waals surface area contributed by atoms with Crippen LogP contribution in [0, 0.1) is 5.92 Å². The van der Waals surface area contributed by atoms with E-state index in [-0.39, 0.29) is 5.76 Å². The number of ether oxygens (including phenoxy) is 1. The Kier molecular flexibility index (Phi) is 4.22. The second-order valence-electron chi connectivity index (χ2n) is 5.02. The van der Waals surface area contributed by atoms with Crippen LogP contribution in [0.25, 0.3) is 11.0 Å². The molecule has 0 saturated heterocycles. The standard InChI is InChI=1S/C15H18O4/c1-10(2)5-6-18-9-11-3-4-13-12(7-11)8-14(19-13)15(16)17/h3-4,7-8,10H,5-6,9H2,1-2H3,(H,16,17). The van der Waals surface area contributed by atoms with E-state index < -0.39 is 5.97 Å². The molecule has 4 heteroatoms. The van der Waals surface area contributed by atoms with Crippen molar-refractivity contribution in [1.29, 1.82) is 0 Å². The maximum Gasteiger partial charge on any atom is 0.371 e. The van der Waals surface area contributed by atoms with Gasteiger partial charge in [-0.2, -0.15) is 0 Å². The van der Waals surface area contributed by atoms with Crippen LogP contribution in [0.3, 0.4) is 0 Å². The van der Waals surface area contributed by atoms with Crippen LogP contribution < -0.4 is 0 Å². The number of furan rings is 1. The van der Waals surface area contributed by atoms with Crippen molar-refractivity contribution in [3.05, 3.63) is 35.6 Å². The predicted molar refractivity (Wildman–Crippen MR) is 72.3 cm³/mol. The average molecular weight is 262 g/mol. The van der Waals surface area contributed by atoms with Crippen LogP contribution in [0.4, 0.5) is 0 Å². The lowest BCUT2D eigenvalue weighted by Gasteiger charge is -2.06. The Morgan fingerprint density at radius 3 is 2.84 bits per heavy atom. The van der Waals surface area contributed by atoms with Crippen LogP contribution in [0.1, 0.15) is 36.4 Å². The molecule has 2 rings (SSSR count). The third-order valence-corrected chi connectivity index (χ3v) is 2.90. The quantitative estimate of drug-likeness (QED) is 0.806. The molecule has 0 fully saturated rings. The Morgan fingerprint density at radius 1 is 1.37 bits per heavy atom. The van der Waals surface area contributed by atoms with Gasteiger partial charge in [-0.3, -0.25) is 0 Å². The SMILES string of the molecule is CC(C)CCOCc1ccc2oc(C(=O)O)cc2c1. The van der Waals surface area contributed by atoms with Crippen LogP contribution in [-0.2, 0) is 11.3 Å². The van der Waals surface area contributed by atoms with Gasteiger partial charge < -0.3 is 14.3 Å². The highest BCUT2D eigenvalue weighted by atomic mass is 16.5. The fourth-order valence-electron chi connectivity index (χ4n) is 1.80. The molecule has 0 radical (unpaired) electrons. The summed E-state index contributed by atoms with van der Waals surface area (Å²) in [5.41, 5.74) is 1.61. The summed E-state index contributed by atoms with van der Waals surface area (Å²) in [6, 6.07) is 7.12. The minimum absolute atomic E-state index is 0.0344. The third kappa shape index (κ3) is 3.58. The summed E-state index contributed by atoms with van der Waals surface area (Å²) in [6.07, 6.45) is 1.04. The molecule has 19 heavy (non-hydrogen) atoms. The Bertz CT molecular complexity index is 569. The lowest BCUT2D eigenvalue weighted by Crippen LogP contribution is -1.99. The molecule has 0 amide bonds. The fraction of sp³-hybridized carbons (Fsp3) is 0.400. The molecule has 1 aromatic heterocycles. The molecule has 1 heterocycles. The van der Waals surface area contributed by atoms with Gasteiger partial charge in [0, 0.05) is 12.0 Å². The van der Waals surface area contributed by atoms with E-state index in [9.17, 15) is 4.79 Å². The van der Waals surface area contributed by atoms with Crippen LogP contribution >= 0.6 is 0 Å². The Morgan fingerprint density at radius 2 is 2.16 bits per heavy atom. The number of carboxylic acids is 1. The van der Waals surface area contributed by atoms with Crippen molar-refractivity contribution in [2.45, 2.75) is 26.9 Å². The number of carboxylic acid groups (broad SMARTS) is 1. The molecular formula is C15H18O4. The van der Waals surface area contributed by atoms with Crippen molar-refractivity contribution < 1.29 is 19.1 Å². The molecular weight excluding hydrogens is 244 g/mol. The van der Waals surface area contributed by atoms with Crippen LogP contribution in [0.2, 0.25) is 0 Å². The average Bonchev–Trinajstić information content (AvgIpc) is 2.77. The van der Waals surface area contributed by atoms with Gasteiger partial charge in [-0.1, -0.05) is 19.9 Å². The first-order valence-electron chi connectivity index (χ1n) is 6.40. The lowest BCUT2D eigenvalue weighted by molar-refractivity contribution is 0.0665. The first kappa shape index (κ1) is 13.6. The predicted octanol–water partition coefficient (Wildman–Crippen LogP) is 3.69. The lowest BCUT2D eigenvalue weighted by atomic mass is 10.1. The minimum Gasteiger partial charge on any atom is -0.475 e. The highest BCUT2D eigenvalue weighted by molar-refractivity contribution is 5.91. The van der Waals surface area contributed by atoms with E-state index in [1.165, 1.54) is 6.07 Å². The van der Waals surface area contributed by atoms with Crippen LogP contribution in [0.5, 0.6) is 0 Å². The van der Waals surface area contributed by atoms with Crippen molar-refractivity contribution in [2.75, 3.05) is 6.61 Å². The summed E-state index contributed by atoms with van der Waals surface area (Å²) in [7, 11) is 0. The van der Waals surface area contributed by atoms with Crippen molar-refractivity contribution in [1.82, 2.24) is 0 Å². The molecule has 4 nitrogen and oxygen atoms in total. The monoisotopic (exact) mass is 262 g/mol. The summed E-state index contributed by atoms with van der Waals surface area (Å²) in [5, 5.41) is 9.66. The van der Waals surface area contributed by atoms with E-state index in [1.807, 2.05) is 12.1 Å². The number of hydrogen-bond acceptors (Lipinski definition) is 3. The second-order valence-corrected chi connectivity index (χ2v) is 5.02. The van der Waals surface area contributed by atoms with Gasteiger partial charge in [-0.05, 0) is 36.1 Å². The molecule has 0 aliphatic carbocycles. The number of benzene rings is 1. The summed E-state index contributed by atoms with van der Waals surface area (Å²) >= 11 is 0. The van der Waals surface area contributed by atoms with E-state index in [2.05, 4.69) is 13.8 Å². The highest BCUT2D eigenvalue weighted by Gasteiger charge is 2.10. The molecule has 0 aliphatic rings. The molecule has 102 valence electrons. The van der Waals surface area contributed by atoms with Gasteiger partial charge in [0.15, 0.2) is 0 Å². The van der Waals surface area contributed by atoms with Gasteiger partial charge >= 0.3 is 5.97 Å². The molecule has 0 aliphatic heterocycles. The summed E-state index contributed by atoms with van der Waals surface area (Å²) in [4.78, 5) is 10.8. The first-order chi connectivity index (χ1) is 9.06. The highest BCUT2D eigenvalue weighted by Crippen LogP contribution is 2.21. The van der Waals surface area contributed by atoms with E-state index in [4.69, 9.17) is 14.3 Å². The molecule has 1 aromatic carbocycles. The number of aromatic carboxylic acids is 1. The summed E-state index contributed by atoms with van der Waals surface area (Å²) in [5.74, 6) is -0.451. The molecule has 0 bridgehead atoms. The number of fused-ring (bicyclic) bond motifs is 1. The largest absolute Gasteiger partial charge is 0.475 e. The van der Waals surface area contributed by atoms with Crippen LogP contribution in [-0.4, -0.2) is 17.7 Å². The zero-order chi connectivity index (χ0) is 13.8. The molecule has 0 unspecified atom stereocenters. The maximum atomic E-state index is 10.8. The van der Waals surface area contributed by atoms with Crippen molar-refractivity contribution in [2.24, 2.45) is 5.92 Å². The normalized spacial score (nSPS) is 11.3. The Balaban J connectivity index is 2.02. The van der Waals surface area contributed by atoms with E-state index in [0.29, 0.717) is 18.1 Å². The van der Waals surface area contributed by atoms with Gasteiger partial charge in [-0.15, -0.1) is 0 Å². The Labute approximate surface area is 112 Å². The zero-order valence-corrected chi connectivity index (χ0v) is 11.2. The first-order valence-corrected chi connectivity index (χ1v) is 6.40. The number of carbonyl (C=O) groups is 1. The van der Waals surface area contributed by atoms with Gasteiger partial charge in [-0.25, -0.2) is 4.79 Å². The smallest absolute Gasteiger partial charge is 0.371 e. The van der Waals surface area contributed by atoms with Gasteiger partial charge in [0.05, 0.1) is 6.61 Å². The fourth-order valence-corrected chi connectivity index (χ4v) is 1.80. The van der Waals surface area contributed by atoms with E-state index >= 15 is 0 Å². The third-order valence-electron chi connectivity index (χ3n) is 2.90. The molecule has 0 atom stereocenters. The van der Waals surface area contributed by atoms with Crippen molar-refractivity contribution >= 4 is 16.9 Å².